The van der Waals surface area contributed by atoms with Crippen molar-refractivity contribution in [2.45, 2.75) is 39.3 Å². The van der Waals surface area contributed by atoms with E-state index in [1.54, 1.807) is 0 Å². The third kappa shape index (κ3) is 5.59. The summed E-state index contributed by atoms with van der Waals surface area (Å²) in [6.07, 6.45) is 0. The van der Waals surface area contributed by atoms with Gasteiger partial charge in [-0.05, 0) is 11.1 Å². The van der Waals surface area contributed by atoms with Crippen LogP contribution in [0.25, 0.3) is 9.94 Å². The molecule has 2 rings (SSSR count). The highest BCUT2D eigenvalue weighted by atomic mass is 35.5. The van der Waals surface area contributed by atoms with Crippen LogP contribution in [0.15, 0.2) is 60.7 Å². The molecular weight excluding hydrogens is 378 g/mol. The van der Waals surface area contributed by atoms with Crippen LogP contribution in [0.1, 0.15) is 11.1 Å². The van der Waals surface area contributed by atoms with Crippen LogP contribution in [-0.2, 0) is 0 Å². The second kappa shape index (κ2) is 8.27. The predicted molar refractivity (Wildman–Crippen MR) is 122 cm³/mol. The first kappa shape index (κ1) is 20.5. The number of nitrogens with zero attached hydrogens (tertiary/aromatic N) is 1. The Morgan fingerprint density at radius 3 is 1.52 bits per heavy atom. The van der Waals surface area contributed by atoms with Crippen molar-refractivity contribution in [3.63, 3.8) is 0 Å². The Bertz CT molecular complexity index is 705. The van der Waals surface area contributed by atoms with E-state index in [9.17, 15) is 0 Å². The SMILES string of the molecule is C[Si](C)(C)N(S/C(=C(/Cl)c1ccccc1)c1ccccc1)[Si](C)(C)C. The number of hydrogen-bond donors (Lipinski definition) is 0. The van der Waals surface area contributed by atoms with Gasteiger partial charge in [0.1, 0.15) is 16.5 Å². The summed E-state index contributed by atoms with van der Waals surface area (Å²) in [7, 11) is -3.00. The summed E-state index contributed by atoms with van der Waals surface area (Å²) in [6.45, 7) is 14.5. The molecule has 0 spiro atoms. The first-order valence-corrected chi connectivity index (χ1v) is 16.6. The highest BCUT2D eigenvalue weighted by Gasteiger charge is 2.36. The van der Waals surface area contributed by atoms with Gasteiger partial charge in [-0.25, -0.2) is 0 Å². The van der Waals surface area contributed by atoms with Crippen molar-refractivity contribution in [2.24, 2.45) is 0 Å². The van der Waals surface area contributed by atoms with Gasteiger partial charge in [-0.1, -0.05) is 123 Å². The molecule has 0 saturated carbocycles. The van der Waals surface area contributed by atoms with Crippen molar-refractivity contribution in [1.82, 2.24) is 3.64 Å². The van der Waals surface area contributed by atoms with Gasteiger partial charge in [0, 0.05) is 4.91 Å². The Morgan fingerprint density at radius 1 is 0.720 bits per heavy atom. The monoisotopic (exact) mass is 405 g/mol. The van der Waals surface area contributed by atoms with Crippen LogP contribution < -0.4 is 0 Å². The Morgan fingerprint density at radius 2 is 1.12 bits per heavy atom. The third-order valence-corrected chi connectivity index (χ3v) is 15.3. The van der Waals surface area contributed by atoms with Gasteiger partial charge in [0.25, 0.3) is 0 Å². The lowest BCUT2D eigenvalue weighted by Gasteiger charge is -2.42. The standard InChI is InChI=1S/C20H28ClNSSi2/c1-24(2,3)22(25(4,5)6)23-20(18-15-11-8-12-16-18)19(21)17-13-9-7-10-14-17/h7-16H,1-6H3/b20-19+. The second-order valence-electron chi connectivity index (χ2n) is 8.10. The van der Waals surface area contributed by atoms with Crippen LogP contribution in [0.3, 0.4) is 0 Å². The molecule has 0 unspecified atom stereocenters. The normalized spacial score (nSPS) is 13.8. The molecule has 0 heterocycles. The Hall–Kier alpha value is -0.786. The molecule has 25 heavy (non-hydrogen) atoms. The number of hydrogen-bond acceptors (Lipinski definition) is 2. The van der Waals surface area contributed by atoms with Crippen molar-refractivity contribution in [2.75, 3.05) is 0 Å². The molecule has 0 saturated heterocycles. The first-order valence-electron chi connectivity index (χ1n) is 8.59. The average Bonchev–Trinajstić information content (AvgIpc) is 2.54. The van der Waals surface area contributed by atoms with E-state index in [-0.39, 0.29) is 0 Å². The van der Waals surface area contributed by atoms with Crippen molar-refractivity contribution >= 4 is 50.0 Å². The largest absolute Gasteiger partial charge is 0.289 e. The Labute approximate surface area is 164 Å². The molecule has 0 atom stereocenters. The average molecular weight is 406 g/mol. The summed E-state index contributed by atoms with van der Waals surface area (Å²) in [5.74, 6) is 0. The molecule has 0 aromatic heterocycles. The molecule has 0 radical (unpaired) electrons. The first-order chi connectivity index (χ1) is 11.6. The van der Waals surface area contributed by atoms with Gasteiger partial charge < -0.3 is 0 Å². The third-order valence-electron chi connectivity index (χ3n) is 3.66. The molecule has 134 valence electrons. The number of halogens is 1. The number of rotatable bonds is 6. The molecule has 0 aliphatic heterocycles. The second-order valence-corrected chi connectivity index (χ2v) is 20.1. The molecule has 0 N–H and O–H groups in total. The van der Waals surface area contributed by atoms with Crippen molar-refractivity contribution in [1.29, 1.82) is 0 Å². The maximum Gasteiger partial charge on any atom is 0.123 e. The minimum Gasteiger partial charge on any atom is -0.289 e. The van der Waals surface area contributed by atoms with E-state index in [1.807, 2.05) is 30.1 Å². The quantitative estimate of drug-likeness (QED) is 0.280. The van der Waals surface area contributed by atoms with Gasteiger partial charge in [-0.2, -0.15) is 0 Å². The fourth-order valence-electron chi connectivity index (χ4n) is 2.90. The van der Waals surface area contributed by atoms with E-state index in [2.05, 4.69) is 85.4 Å². The van der Waals surface area contributed by atoms with Gasteiger partial charge in [0.2, 0.25) is 0 Å². The molecule has 0 bridgehead atoms. The molecule has 2 aromatic carbocycles. The minimum atomic E-state index is -1.50. The molecular formula is C20H28ClNSSi2. The van der Waals surface area contributed by atoms with Crippen LogP contribution in [0, 0.1) is 0 Å². The minimum absolute atomic E-state index is 0.832. The molecule has 2 aromatic rings. The van der Waals surface area contributed by atoms with Crippen LogP contribution >= 0.6 is 23.5 Å². The maximum atomic E-state index is 6.91. The Kier molecular flexibility index (Phi) is 6.79. The summed E-state index contributed by atoms with van der Waals surface area (Å²) in [4.78, 5) is 1.15. The van der Waals surface area contributed by atoms with Crippen LogP contribution in [0.5, 0.6) is 0 Å². The summed E-state index contributed by atoms with van der Waals surface area (Å²) >= 11 is 8.78. The van der Waals surface area contributed by atoms with Crippen LogP contribution in [0.4, 0.5) is 0 Å². The summed E-state index contributed by atoms with van der Waals surface area (Å²) < 4.78 is 2.70. The summed E-state index contributed by atoms with van der Waals surface area (Å²) in [5.41, 5.74) is 2.25. The van der Waals surface area contributed by atoms with E-state index in [1.165, 1.54) is 5.56 Å². The lowest BCUT2D eigenvalue weighted by atomic mass is 10.1. The van der Waals surface area contributed by atoms with E-state index >= 15 is 0 Å². The van der Waals surface area contributed by atoms with Crippen molar-refractivity contribution in [3.8, 4) is 0 Å². The molecule has 5 heteroatoms. The summed E-state index contributed by atoms with van der Waals surface area (Å²) in [6, 6.07) is 20.8. The predicted octanol–water partition coefficient (Wildman–Crippen LogP) is 7.37. The van der Waals surface area contributed by atoms with Crippen molar-refractivity contribution < 1.29 is 0 Å². The summed E-state index contributed by atoms with van der Waals surface area (Å²) in [5, 5.41) is 0.832. The van der Waals surface area contributed by atoms with Crippen molar-refractivity contribution in [3.05, 3.63) is 71.8 Å². The van der Waals surface area contributed by atoms with Crippen LogP contribution in [0.2, 0.25) is 39.3 Å². The zero-order valence-electron chi connectivity index (χ0n) is 16.0. The lowest BCUT2D eigenvalue weighted by molar-refractivity contribution is 1.01. The highest BCUT2D eigenvalue weighted by Crippen LogP contribution is 2.43. The zero-order chi connectivity index (χ0) is 18.7. The maximum absolute atomic E-state index is 6.91. The molecule has 0 amide bonds. The topological polar surface area (TPSA) is 3.24 Å². The highest BCUT2D eigenvalue weighted by molar-refractivity contribution is 8.08. The molecule has 0 fully saturated rings. The smallest absolute Gasteiger partial charge is 0.123 e. The fraction of sp³-hybridized carbons (Fsp3) is 0.300. The van der Waals surface area contributed by atoms with Crippen LogP contribution in [-0.4, -0.2) is 20.1 Å². The zero-order valence-corrected chi connectivity index (χ0v) is 19.6. The van der Waals surface area contributed by atoms with E-state index in [0.717, 1.165) is 15.5 Å². The van der Waals surface area contributed by atoms with Gasteiger partial charge in [-0.3, -0.25) is 3.64 Å². The van der Waals surface area contributed by atoms with Gasteiger partial charge in [0.05, 0.1) is 5.03 Å². The van der Waals surface area contributed by atoms with Gasteiger partial charge in [0.15, 0.2) is 0 Å². The number of benzene rings is 2. The van der Waals surface area contributed by atoms with Gasteiger partial charge >= 0.3 is 0 Å². The molecule has 1 nitrogen and oxygen atoms in total. The van der Waals surface area contributed by atoms with E-state index in [4.69, 9.17) is 11.6 Å². The van der Waals surface area contributed by atoms with E-state index in [0.29, 0.717) is 0 Å². The lowest BCUT2D eigenvalue weighted by Crippen LogP contribution is -2.54. The van der Waals surface area contributed by atoms with Gasteiger partial charge in [-0.15, -0.1) is 0 Å². The Balaban J connectivity index is 2.57. The molecule has 0 aliphatic rings. The fourth-order valence-corrected chi connectivity index (χ4v) is 14.6. The molecule has 0 aliphatic carbocycles. The van der Waals surface area contributed by atoms with E-state index < -0.39 is 16.5 Å².